The Morgan fingerprint density at radius 1 is 1.45 bits per heavy atom. The molecular formula is C13H21N3O3S. The molecule has 0 radical (unpaired) electrons. The van der Waals surface area contributed by atoms with Crippen LogP contribution in [0.5, 0.6) is 0 Å². The van der Waals surface area contributed by atoms with Crippen LogP contribution >= 0.6 is 11.3 Å². The van der Waals surface area contributed by atoms with Gasteiger partial charge < -0.3 is 10.4 Å². The third kappa shape index (κ3) is 5.16. The van der Waals surface area contributed by atoms with Crippen molar-refractivity contribution < 1.29 is 14.7 Å². The van der Waals surface area contributed by atoms with E-state index >= 15 is 0 Å². The molecule has 0 aliphatic rings. The van der Waals surface area contributed by atoms with Crippen LogP contribution in [-0.2, 0) is 4.79 Å². The van der Waals surface area contributed by atoms with Gasteiger partial charge in [-0.25, -0.2) is 9.78 Å². The van der Waals surface area contributed by atoms with E-state index < -0.39 is 11.5 Å². The van der Waals surface area contributed by atoms with Crippen LogP contribution in [0.4, 0.5) is 9.80 Å². The Hall–Kier alpha value is -1.63. The lowest BCUT2D eigenvalue weighted by atomic mass is 9.99. The normalized spacial score (nSPS) is 11.4. The van der Waals surface area contributed by atoms with Gasteiger partial charge >= 0.3 is 12.0 Å². The van der Waals surface area contributed by atoms with E-state index in [0.717, 1.165) is 10.7 Å². The van der Waals surface area contributed by atoms with Crippen LogP contribution in [-0.4, -0.2) is 27.6 Å². The Kier molecular flexibility index (Phi) is 5.50. The molecule has 1 rings (SSSR count). The number of carboxylic acid groups (broad SMARTS) is 1. The van der Waals surface area contributed by atoms with E-state index in [4.69, 9.17) is 5.11 Å². The van der Waals surface area contributed by atoms with Crippen LogP contribution < -0.4 is 10.6 Å². The first-order valence-electron chi connectivity index (χ1n) is 6.45. The van der Waals surface area contributed by atoms with Crippen LogP contribution in [0.2, 0.25) is 0 Å². The zero-order valence-corrected chi connectivity index (χ0v) is 13.0. The molecule has 1 heterocycles. The van der Waals surface area contributed by atoms with Crippen molar-refractivity contribution in [3.05, 3.63) is 11.2 Å². The molecule has 2 amide bonds. The molecule has 112 valence electrons. The van der Waals surface area contributed by atoms with E-state index in [1.807, 2.05) is 13.8 Å². The molecule has 0 aliphatic heterocycles. The van der Waals surface area contributed by atoms with Gasteiger partial charge in [0.1, 0.15) is 5.00 Å². The van der Waals surface area contributed by atoms with Gasteiger partial charge in [0.15, 0.2) is 0 Å². The molecule has 0 saturated carbocycles. The van der Waals surface area contributed by atoms with E-state index in [1.165, 1.54) is 11.3 Å². The minimum absolute atomic E-state index is 0.0189. The van der Waals surface area contributed by atoms with Crippen molar-refractivity contribution in [3.63, 3.8) is 0 Å². The minimum Gasteiger partial charge on any atom is -0.481 e. The van der Waals surface area contributed by atoms with Crippen LogP contribution in [0, 0.1) is 0 Å². The van der Waals surface area contributed by atoms with E-state index in [0.29, 0.717) is 6.42 Å². The number of carbonyl (C=O) groups is 2. The second-order valence-electron chi connectivity index (χ2n) is 5.58. The zero-order valence-electron chi connectivity index (χ0n) is 12.2. The van der Waals surface area contributed by atoms with Gasteiger partial charge in [-0.1, -0.05) is 13.8 Å². The first-order valence-corrected chi connectivity index (χ1v) is 7.33. The summed E-state index contributed by atoms with van der Waals surface area (Å²) in [5.74, 6) is -0.638. The maximum absolute atomic E-state index is 12.0. The third-order valence-electron chi connectivity index (χ3n) is 2.78. The third-order valence-corrected chi connectivity index (χ3v) is 3.54. The maximum Gasteiger partial charge on any atom is 0.320 e. The second kappa shape index (κ2) is 6.69. The summed E-state index contributed by atoms with van der Waals surface area (Å²) in [6.45, 7) is 7.61. The van der Waals surface area contributed by atoms with Crippen molar-refractivity contribution in [2.75, 3.05) is 5.32 Å². The summed E-state index contributed by atoms with van der Waals surface area (Å²) in [7, 11) is 0. The van der Waals surface area contributed by atoms with Gasteiger partial charge in [0.05, 0.1) is 11.2 Å². The number of nitrogens with one attached hydrogen (secondary N) is 2. The van der Waals surface area contributed by atoms with Crippen LogP contribution in [0.25, 0.3) is 0 Å². The molecular weight excluding hydrogens is 278 g/mol. The molecule has 0 atom stereocenters. The van der Waals surface area contributed by atoms with Gasteiger partial charge in [0, 0.05) is 12.0 Å². The molecule has 1 aromatic heterocycles. The number of rotatable bonds is 6. The SMILES string of the molecule is CC(C)c1ncsc1NC(=O)NC(C)(C)CCC(=O)O. The Bertz CT molecular complexity index is 483. The molecule has 0 saturated heterocycles. The fourth-order valence-electron chi connectivity index (χ4n) is 1.68. The maximum atomic E-state index is 12.0. The number of hydrogen-bond acceptors (Lipinski definition) is 4. The summed E-state index contributed by atoms with van der Waals surface area (Å²) in [4.78, 5) is 26.8. The van der Waals surface area contributed by atoms with E-state index in [9.17, 15) is 9.59 Å². The van der Waals surface area contributed by atoms with E-state index in [2.05, 4.69) is 15.6 Å². The number of carbonyl (C=O) groups excluding carboxylic acids is 1. The average Bonchev–Trinajstić information content (AvgIpc) is 2.73. The Morgan fingerprint density at radius 2 is 2.10 bits per heavy atom. The lowest BCUT2D eigenvalue weighted by Crippen LogP contribution is -2.45. The second-order valence-corrected chi connectivity index (χ2v) is 6.43. The first kappa shape index (κ1) is 16.4. The van der Waals surface area contributed by atoms with E-state index in [1.54, 1.807) is 19.4 Å². The van der Waals surface area contributed by atoms with Gasteiger partial charge in [-0.2, -0.15) is 0 Å². The van der Waals surface area contributed by atoms with Crippen molar-refractivity contribution in [2.24, 2.45) is 0 Å². The number of aliphatic carboxylic acids is 1. The monoisotopic (exact) mass is 299 g/mol. The Morgan fingerprint density at radius 3 is 2.65 bits per heavy atom. The molecule has 0 aliphatic carbocycles. The molecule has 0 bridgehead atoms. The summed E-state index contributed by atoms with van der Waals surface area (Å²) >= 11 is 1.37. The fourth-order valence-corrected chi connectivity index (χ4v) is 2.52. The standard InChI is InChI=1S/C13H21N3O3S/c1-8(2)10-11(20-7-14-10)15-12(19)16-13(3,4)6-5-9(17)18/h7-8H,5-6H2,1-4H3,(H,17,18)(H2,15,16,19). The number of hydrogen-bond donors (Lipinski definition) is 3. The average molecular weight is 299 g/mol. The van der Waals surface area contributed by atoms with Crippen molar-refractivity contribution in [1.82, 2.24) is 10.3 Å². The molecule has 0 fully saturated rings. The molecule has 7 heteroatoms. The highest BCUT2D eigenvalue weighted by Crippen LogP contribution is 2.26. The molecule has 0 aromatic carbocycles. The van der Waals surface area contributed by atoms with Gasteiger partial charge in [-0.15, -0.1) is 11.3 Å². The molecule has 0 spiro atoms. The Balaban J connectivity index is 2.58. The number of nitrogens with zero attached hydrogens (tertiary/aromatic N) is 1. The highest BCUT2D eigenvalue weighted by molar-refractivity contribution is 7.14. The van der Waals surface area contributed by atoms with Crippen LogP contribution in [0.15, 0.2) is 5.51 Å². The number of thiazole rings is 1. The quantitative estimate of drug-likeness (QED) is 0.753. The zero-order chi connectivity index (χ0) is 15.3. The van der Waals surface area contributed by atoms with Crippen molar-refractivity contribution in [1.29, 1.82) is 0 Å². The lowest BCUT2D eigenvalue weighted by Gasteiger charge is -2.25. The minimum atomic E-state index is -0.871. The number of carboxylic acids is 1. The van der Waals surface area contributed by atoms with Gasteiger partial charge in [-0.3, -0.25) is 10.1 Å². The van der Waals surface area contributed by atoms with Crippen LogP contribution in [0.1, 0.15) is 52.1 Å². The van der Waals surface area contributed by atoms with Crippen molar-refractivity contribution in [3.8, 4) is 0 Å². The van der Waals surface area contributed by atoms with Gasteiger partial charge in [0.25, 0.3) is 0 Å². The summed E-state index contributed by atoms with van der Waals surface area (Å²) in [6.07, 6.45) is 0.389. The number of amides is 2. The predicted molar refractivity (Wildman–Crippen MR) is 79.3 cm³/mol. The number of anilines is 1. The van der Waals surface area contributed by atoms with Crippen LogP contribution in [0.3, 0.4) is 0 Å². The van der Waals surface area contributed by atoms with Gasteiger partial charge in [-0.05, 0) is 26.2 Å². The number of aromatic nitrogens is 1. The molecule has 3 N–H and O–H groups in total. The smallest absolute Gasteiger partial charge is 0.320 e. The van der Waals surface area contributed by atoms with Crippen molar-refractivity contribution in [2.45, 2.75) is 52.0 Å². The summed E-state index contributed by atoms with van der Waals surface area (Å²) in [5, 5.41) is 15.0. The Labute approximate surface area is 122 Å². The summed E-state index contributed by atoms with van der Waals surface area (Å²) in [5.41, 5.74) is 1.97. The fraction of sp³-hybridized carbons (Fsp3) is 0.615. The summed E-state index contributed by atoms with van der Waals surface area (Å²) < 4.78 is 0. The lowest BCUT2D eigenvalue weighted by molar-refractivity contribution is -0.137. The van der Waals surface area contributed by atoms with E-state index in [-0.39, 0.29) is 18.4 Å². The first-order chi connectivity index (χ1) is 9.21. The highest BCUT2D eigenvalue weighted by Gasteiger charge is 2.22. The predicted octanol–water partition coefficient (Wildman–Crippen LogP) is 3.03. The van der Waals surface area contributed by atoms with Gasteiger partial charge in [0.2, 0.25) is 0 Å². The number of urea groups is 1. The highest BCUT2D eigenvalue weighted by atomic mass is 32.1. The largest absolute Gasteiger partial charge is 0.481 e. The van der Waals surface area contributed by atoms with Crippen molar-refractivity contribution >= 4 is 28.3 Å². The molecule has 0 unspecified atom stereocenters. The molecule has 20 heavy (non-hydrogen) atoms. The topological polar surface area (TPSA) is 91.3 Å². The molecule has 6 nitrogen and oxygen atoms in total. The summed E-state index contributed by atoms with van der Waals surface area (Å²) in [6, 6.07) is -0.341. The molecule has 1 aromatic rings.